The van der Waals surface area contributed by atoms with Crippen molar-refractivity contribution in [1.82, 2.24) is 10.3 Å². The molecule has 0 bridgehead atoms. The van der Waals surface area contributed by atoms with Crippen LogP contribution in [0.3, 0.4) is 0 Å². The van der Waals surface area contributed by atoms with E-state index in [4.69, 9.17) is 4.74 Å². The number of anilines is 1. The van der Waals surface area contributed by atoms with E-state index < -0.39 is 17.7 Å². The molecule has 0 aromatic carbocycles. The van der Waals surface area contributed by atoms with Crippen molar-refractivity contribution in [2.75, 3.05) is 5.32 Å². The van der Waals surface area contributed by atoms with Gasteiger partial charge >= 0.3 is 6.09 Å². The molecule has 0 fully saturated rings. The maximum atomic E-state index is 12.5. The third kappa shape index (κ3) is 6.99. The first-order valence-corrected chi connectivity index (χ1v) is 8.33. The molecule has 0 aliphatic carbocycles. The minimum atomic E-state index is -0.682. The van der Waals surface area contributed by atoms with E-state index in [2.05, 4.69) is 31.5 Å². The van der Waals surface area contributed by atoms with Gasteiger partial charge in [0.25, 0.3) is 0 Å². The zero-order valence-corrected chi connectivity index (χ0v) is 15.7. The molecule has 0 saturated heterocycles. The minimum Gasteiger partial charge on any atom is -0.444 e. The molecule has 7 heteroatoms. The summed E-state index contributed by atoms with van der Waals surface area (Å²) in [6.07, 6.45) is 1.68. The number of alkyl carbamates (subject to hydrolysis) is 1. The van der Waals surface area contributed by atoms with E-state index in [0.717, 1.165) is 6.42 Å². The van der Waals surface area contributed by atoms with Gasteiger partial charge < -0.3 is 15.4 Å². The number of halogens is 1. The number of nitrogens with zero attached hydrogens (tertiary/aromatic N) is 1. The van der Waals surface area contributed by atoms with Gasteiger partial charge in [-0.05, 0) is 54.8 Å². The monoisotopic (exact) mass is 385 g/mol. The third-order valence-electron chi connectivity index (χ3n) is 3.16. The van der Waals surface area contributed by atoms with Crippen LogP contribution in [0.5, 0.6) is 0 Å². The lowest BCUT2D eigenvalue weighted by atomic mass is 9.98. The van der Waals surface area contributed by atoms with Crippen LogP contribution < -0.4 is 10.6 Å². The Hall–Kier alpha value is -1.63. The van der Waals surface area contributed by atoms with Crippen LogP contribution in [0.1, 0.15) is 41.0 Å². The van der Waals surface area contributed by atoms with Crippen molar-refractivity contribution < 1.29 is 14.3 Å². The highest BCUT2D eigenvalue weighted by molar-refractivity contribution is 9.10. The number of nitrogens with one attached hydrogen (secondary N) is 2. The van der Waals surface area contributed by atoms with E-state index in [1.807, 2.05) is 13.8 Å². The third-order valence-corrected chi connectivity index (χ3v) is 3.63. The Morgan fingerprint density at radius 1 is 1.35 bits per heavy atom. The maximum Gasteiger partial charge on any atom is 0.408 e. The van der Waals surface area contributed by atoms with E-state index in [1.165, 1.54) is 0 Å². The second-order valence-corrected chi connectivity index (χ2v) is 7.18. The highest BCUT2D eigenvalue weighted by atomic mass is 79.9. The molecule has 2 atom stereocenters. The zero-order valence-electron chi connectivity index (χ0n) is 14.1. The van der Waals surface area contributed by atoms with Crippen molar-refractivity contribution in [2.24, 2.45) is 5.92 Å². The molecule has 2 unspecified atom stereocenters. The fourth-order valence-corrected chi connectivity index (χ4v) is 2.04. The van der Waals surface area contributed by atoms with Gasteiger partial charge in [-0.15, -0.1) is 0 Å². The molecule has 6 nitrogen and oxygen atoms in total. The average Bonchev–Trinajstić information content (AvgIpc) is 2.44. The molecule has 0 aliphatic heterocycles. The Morgan fingerprint density at radius 2 is 2.00 bits per heavy atom. The van der Waals surface area contributed by atoms with Crippen molar-refractivity contribution in [3.63, 3.8) is 0 Å². The lowest BCUT2D eigenvalue weighted by Gasteiger charge is -2.26. The highest BCUT2D eigenvalue weighted by Gasteiger charge is 2.28. The lowest BCUT2D eigenvalue weighted by molar-refractivity contribution is -0.119. The quantitative estimate of drug-likeness (QED) is 0.756. The first kappa shape index (κ1) is 19.4. The topological polar surface area (TPSA) is 80.3 Å². The Morgan fingerprint density at radius 3 is 2.48 bits per heavy atom. The molecule has 0 spiro atoms. The van der Waals surface area contributed by atoms with E-state index in [1.54, 1.807) is 39.1 Å². The Labute approximate surface area is 145 Å². The molecule has 1 rings (SSSR count). The summed E-state index contributed by atoms with van der Waals surface area (Å²) in [6.45, 7) is 9.19. The highest BCUT2D eigenvalue weighted by Crippen LogP contribution is 2.15. The van der Waals surface area contributed by atoms with E-state index >= 15 is 0 Å². The fraction of sp³-hybridized carbons (Fsp3) is 0.562. The lowest BCUT2D eigenvalue weighted by Crippen LogP contribution is -2.49. The minimum absolute atomic E-state index is 0.0362. The molecule has 0 radical (unpaired) electrons. The van der Waals surface area contributed by atoms with Gasteiger partial charge in [0.15, 0.2) is 0 Å². The van der Waals surface area contributed by atoms with Crippen LogP contribution in [0, 0.1) is 5.92 Å². The predicted molar refractivity (Wildman–Crippen MR) is 93.2 cm³/mol. The Kier molecular flexibility index (Phi) is 7.00. The normalized spacial score (nSPS) is 13.8. The first-order chi connectivity index (χ1) is 10.6. The van der Waals surface area contributed by atoms with Crippen LogP contribution >= 0.6 is 15.9 Å². The summed E-state index contributed by atoms with van der Waals surface area (Å²) < 4.78 is 5.91. The summed E-state index contributed by atoms with van der Waals surface area (Å²) in [7, 11) is 0. The molecule has 1 heterocycles. The van der Waals surface area contributed by atoms with Gasteiger partial charge in [0.05, 0.1) is 11.9 Å². The van der Waals surface area contributed by atoms with Crippen molar-refractivity contribution in [1.29, 1.82) is 0 Å². The van der Waals surface area contributed by atoms with Crippen molar-refractivity contribution >= 4 is 33.6 Å². The van der Waals surface area contributed by atoms with Crippen LogP contribution in [0.2, 0.25) is 0 Å². The van der Waals surface area contributed by atoms with Gasteiger partial charge in [-0.1, -0.05) is 20.3 Å². The van der Waals surface area contributed by atoms with Gasteiger partial charge in [0.2, 0.25) is 5.91 Å². The molecule has 1 aromatic heterocycles. The van der Waals surface area contributed by atoms with Crippen LogP contribution in [0.25, 0.3) is 0 Å². The molecule has 2 N–H and O–H groups in total. The summed E-state index contributed by atoms with van der Waals surface area (Å²) in [5.41, 5.74) is -0.0478. The number of amides is 2. The van der Waals surface area contributed by atoms with Crippen molar-refractivity contribution in [2.45, 2.75) is 52.7 Å². The Bertz CT molecular complexity index is 540. The molecule has 0 saturated carbocycles. The second-order valence-electron chi connectivity index (χ2n) is 6.37. The number of rotatable bonds is 5. The standard InChI is InChI=1S/C16H24BrN3O3/c1-6-10(2)13(20-15(22)23-16(3,4)5)14(21)19-11-7-8-12(17)18-9-11/h7-10,13H,6H2,1-5H3,(H,19,21)(H,20,22). The number of ether oxygens (including phenoxy) is 1. The molecule has 0 aliphatic rings. The van der Waals surface area contributed by atoms with Crippen LogP contribution in [0.4, 0.5) is 10.5 Å². The summed E-state index contributed by atoms with van der Waals surface area (Å²) in [5, 5.41) is 5.41. The predicted octanol–water partition coefficient (Wildman–Crippen LogP) is 3.72. The number of carbonyl (C=O) groups is 2. The number of carbonyl (C=O) groups excluding carboxylic acids is 2. The fourth-order valence-electron chi connectivity index (χ4n) is 1.81. The SMILES string of the molecule is CCC(C)C(NC(=O)OC(C)(C)C)C(=O)Nc1ccc(Br)nc1. The Balaban J connectivity index is 2.78. The molecule has 128 valence electrons. The van der Waals surface area contributed by atoms with E-state index in [9.17, 15) is 9.59 Å². The van der Waals surface area contributed by atoms with Gasteiger partial charge in [-0.2, -0.15) is 0 Å². The van der Waals surface area contributed by atoms with Gasteiger partial charge in [-0.25, -0.2) is 9.78 Å². The van der Waals surface area contributed by atoms with E-state index in [0.29, 0.717) is 10.3 Å². The first-order valence-electron chi connectivity index (χ1n) is 7.54. The molecule has 1 aromatic rings. The molecular formula is C16H24BrN3O3. The second kappa shape index (κ2) is 8.29. The number of pyridine rings is 1. The van der Waals surface area contributed by atoms with Gasteiger partial charge in [0, 0.05) is 0 Å². The number of hydrogen-bond acceptors (Lipinski definition) is 4. The van der Waals surface area contributed by atoms with Crippen LogP contribution in [0.15, 0.2) is 22.9 Å². The number of aromatic nitrogens is 1. The van der Waals surface area contributed by atoms with Crippen molar-refractivity contribution in [3.8, 4) is 0 Å². The van der Waals surface area contributed by atoms with E-state index in [-0.39, 0.29) is 11.8 Å². The number of hydrogen-bond donors (Lipinski definition) is 2. The van der Waals surface area contributed by atoms with Crippen LogP contribution in [-0.4, -0.2) is 28.6 Å². The summed E-state index contributed by atoms with van der Waals surface area (Å²) in [6, 6.07) is 2.78. The molecule has 2 amide bonds. The van der Waals surface area contributed by atoms with Gasteiger partial charge in [-0.3, -0.25) is 4.79 Å². The molecule has 23 heavy (non-hydrogen) atoms. The summed E-state index contributed by atoms with van der Waals surface area (Å²) in [5.74, 6) is -0.333. The zero-order chi connectivity index (χ0) is 17.6. The smallest absolute Gasteiger partial charge is 0.408 e. The largest absolute Gasteiger partial charge is 0.444 e. The van der Waals surface area contributed by atoms with Gasteiger partial charge in [0.1, 0.15) is 16.2 Å². The maximum absolute atomic E-state index is 12.5. The van der Waals surface area contributed by atoms with Crippen LogP contribution in [-0.2, 0) is 9.53 Å². The summed E-state index contributed by atoms with van der Waals surface area (Å²) >= 11 is 3.24. The van der Waals surface area contributed by atoms with Crippen molar-refractivity contribution in [3.05, 3.63) is 22.9 Å². The molecular weight excluding hydrogens is 362 g/mol. The summed E-state index contributed by atoms with van der Waals surface area (Å²) in [4.78, 5) is 28.5. The average molecular weight is 386 g/mol.